The number of fused-ring (bicyclic) bond motifs is 1. The Bertz CT molecular complexity index is 932. The fraction of sp³-hybridized carbons (Fsp3) is 0.0625. The van der Waals surface area contributed by atoms with Crippen LogP contribution in [0.15, 0.2) is 59.2 Å². The van der Waals surface area contributed by atoms with E-state index < -0.39 is 0 Å². The van der Waals surface area contributed by atoms with Crippen LogP contribution in [-0.2, 0) is 5.75 Å². The highest BCUT2D eigenvalue weighted by molar-refractivity contribution is 7.98. The second kappa shape index (κ2) is 6.31. The van der Waals surface area contributed by atoms with Crippen LogP contribution in [0.3, 0.4) is 0 Å². The van der Waals surface area contributed by atoms with E-state index in [1.165, 1.54) is 0 Å². The molecule has 0 fully saturated rings. The minimum absolute atomic E-state index is 0.730. The van der Waals surface area contributed by atoms with Crippen molar-refractivity contribution in [2.24, 2.45) is 0 Å². The molecule has 0 saturated heterocycles. The summed E-state index contributed by atoms with van der Waals surface area (Å²) in [6.45, 7) is 0. The van der Waals surface area contributed by atoms with E-state index >= 15 is 0 Å². The van der Waals surface area contributed by atoms with Gasteiger partial charge < -0.3 is 0 Å². The maximum atomic E-state index is 5.98. The van der Waals surface area contributed by atoms with Gasteiger partial charge in [0.15, 0.2) is 5.16 Å². The quantitative estimate of drug-likeness (QED) is 0.491. The van der Waals surface area contributed by atoms with Crippen LogP contribution >= 0.6 is 34.7 Å². The molecule has 3 aromatic heterocycles. The summed E-state index contributed by atoms with van der Waals surface area (Å²) in [6.07, 6.45) is 1.80. The summed E-state index contributed by atoms with van der Waals surface area (Å²) in [5, 5.41) is 12.3. The van der Waals surface area contributed by atoms with E-state index in [2.05, 4.69) is 25.0 Å². The zero-order valence-corrected chi connectivity index (χ0v) is 14.3. The number of thioether (sulfide) groups is 1. The summed E-state index contributed by atoms with van der Waals surface area (Å²) in [5.74, 6) is 0.761. The molecule has 1 aromatic carbocycles. The Balaban J connectivity index is 1.68. The van der Waals surface area contributed by atoms with Gasteiger partial charge in [0.2, 0.25) is 4.96 Å². The number of aromatic nitrogens is 4. The molecule has 0 unspecified atom stereocenters. The van der Waals surface area contributed by atoms with Crippen LogP contribution < -0.4 is 0 Å². The molecule has 0 bridgehead atoms. The lowest BCUT2D eigenvalue weighted by molar-refractivity contribution is 0.926. The molecule has 0 aliphatic rings. The minimum Gasteiger partial charge on any atom is -0.260 e. The van der Waals surface area contributed by atoms with Crippen LogP contribution in [0.4, 0.5) is 0 Å². The van der Waals surface area contributed by atoms with Gasteiger partial charge in [0.25, 0.3) is 0 Å². The highest BCUT2D eigenvalue weighted by Gasteiger charge is 2.14. The molecule has 7 heteroatoms. The van der Waals surface area contributed by atoms with Crippen molar-refractivity contribution in [2.75, 3.05) is 0 Å². The predicted octanol–water partition coefficient (Wildman–Crippen LogP) is 4.80. The van der Waals surface area contributed by atoms with Crippen LogP contribution in [0.2, 0.25) is 5.02 Å². The molecule has 0 saturated carbocycles. The highest BCUT2D eigenvalue weighted by Crippen LogP contribution is 2.31. The van der Waals surface area contributed by atoms with Crippen molar-refractivity contribution in [1.82, 2.24) is 19.6 Å². The first-order valence-electron chi connectivity index (χ1n) is 6.92. The summed E-state index contributed by atoms with van der Waals surface area (Å²) in [7, 11) is 0. The number of thiazole rings is 1. The van der Waals surface area contributed by atoms with Crippen LogP contribution in [0.5, 0.6) is 0 Å². The molecule has 0 atom stereocenters. The number of halogens is 1. The van der Waals surface area contributed by atoms with Crippen molar-refractivity contribution >= 4 is 39.7 Å². The molecular weight excluding hydrogens is 348 g/mol. The van der Waals surface area contributed by atoms with Crippen molar-refractivity contribution in [2.45, 2.75) is 10.9 Å². The Labute approximate surface area is 146 Å². The van der Waals surface area contributed by atoms with Gasteiger partial charge in [-0.1, -0.05) is 41.6 Å². The SMILES string of the molecule is Clc1ccc(-c2csc3nnc(SCc4ccccn4)n23)cc1. The lowest BCUT2D eigenvalue weighted by atomic mass is 10.2. The molecule has 114 valence electrons. The fourth-order valence-corrected chi connectivity index (χ4v) is 4.11. The third-order valence-electron chi connectivity index (χ3n) is 3.34. The van der Waals surface area contributed by atoms with Crippen LogP contribution in [0.1, 0.15) is 5.69 Å². The van der Waals surface area contributed by atoms with E-state index in [9.17, 15) is 0 Å². The minimum atomic E-state index is 0.730. The summed E-state index contributed by atoms with van der Waals surface area (Å²) < 4.78 is 2.08. The number of nitrogens with zero attached hydrogens (tertiary/aromatic N) is 4. The average Bonchev–Trinajstić information content (AvgIpc) is 3.17. The molecule has 0 spiro atoms. The average molecular weight is 359 g/mol. The van der Waals surface area contributed by atoms with E-state index in [1.54, 1.807) is 29.3 Å². The first-order chi connectivity index (χ1) is 11.3. The third-order valence-corrected chi connectivity index (χ3v) is 5.37. The number of hydrogen-bond acceptors (Lipinski definition) is 5. The standard InChI is InChI=1S/C16H11ClN4S2/c17-12-6-4-11(5-7-12)14-10-23-16-20-19-15(21(14)16)22-9-13-3-1-2-8-18-13/h1-8,10H,9H2. The van der Waals surface area contributed by atoms with Gasteiger partial charge in [0.05, 0.1) is 11.4 Å². The number of hydrogen-bond donors (Lipinski definition) is 0. The van der Waals surface area contributed by atoms with E-state index in [0.717, 1.165) is 37.8 Å². The number of benzene rings is 1. The van der Waals surface area contributed by atoms with Crippen LogP contribution in [-0.4, -0.2) is 19.6 Å². The third kappa shape index (κ3) is 2.97. The summed E-state index contributed by atoms with van der Waals surface area (Å²) in [5.41, 5.74) is 3.20. The smallest absolute Gasteiger partial charge is 0.217 e. The van der Waals surface area contributed by atoms with Gasteiger partial charge in [-0.2, -0.15) is 0 Å². The normalized spacial score (nSPS) is 11.2. The van der Waals surface area contributed by atoms with E-state index in [0.29, 0.717) is 0 Å². The lowest BCUT2D eigenvalue weighted by Gasteiger charge is -2.03. The summed E-state index contributed by atoms with van der Waals surface area (Å²) in [6, 6.07) is 13.7. The zero-order chi connectivity index (χ0) is 15.6. The van der Waals surface area contributed by atoms with Crippen molar-refractivity contribution in [1.29, 1.82) is 0 Å². The van der Waals surface area contributed by atoms with Gasteiger partial charge in [0.1, 0.15) is 0 Å². The van der Waals surface area contributed by atoms with Crippen LogP contribution in [0, 0.1) is 0 Å². The molecule has 3 heterocycles. The molecular formula is C16H11ClN4S2. The number of pyridine rings is 1. The highest BCUT2D eigenvalue weighted by atomic mass is 35.5. The number of rotatable bonds is 4. The van der Waals surface area contributed by atoms with Crippen molar-refractivity contribution in [3.05, 3.63) is 64.8 Å². The molecule has 4 aromatic rings. The van der Waals surface area contributed by atoms with Gasteiger partial charge in [0, 0.05) is 22.4 Å². The van der Waals surface area contributed by atoms with E-state index in [-0.39, 0.29) is 0 Å². The van der Waals surface area contributed by atoms with Crippen molar-refractivity contribution in [3.8, 4) is 11.3 Å². The Kier molecular flexibility index (Phi) is 4.03. The molecule has 4 nitrogen and oxygen atoms in total. The molecule has 23 heavy (non-hydrogen) atoms. The first kappa shape index (κ1) is 14.7. The van der Waals surface area contributed by atoms with Crippen molar-refractivity contribution < 1.29 is 0 Å². The van der Waals surface area contributed by atoms with E-state index in [1.807, 2.05) is 42.5 Å². The second-order valence-corrected chi connectivity index (χ2v) is 7.05. The largest absolute Gasteiger partial charge is 0.260 e. The molecule has 0 radical (unpaired) electrons. The van der Waals surface area contributed by atoms with Crippen molar-refractivity contribution in [3.63, 3.8) is 0 Å². The summed E-state index contributed by atoms with van der Waals surface area (Å²) >= 11 is 9.20. The van der Waals surface area contributed by atoms with Crippen LogP contribution in [0.25, 0.3) is 16.2 Å². The monoisotopic (exact) mass is 358 g/mol. The topological polar surface area (TPSA) is 43.1 Å². The zero-order valence-electron chi connectivity index (χ0n) is 11.9. The van der Waals surface area contributed by atoms with Gasteiger partial charge in [-0.3, -0.25) is 9.38 Å². The van der Waals surface area contributed by atoms with Gasteiger partial charge in [-0.25, -0.2) is 0 Å². The maximum Gasteiger partial charge on any atom is 0.217 e. The summed E-state index contributed by atoms with van der Waals surface area (Å²) in [4.78, 5) is 5.23. The Morgan fingerprint density at radius 2 is 1.96 bits per heavy atom. The molecule has 4 rings (SSSR count). The predicted molar refractivity (Wildman–Crippen MR) is 95.1 cm³/mol. The maximum absolute atomic E-state index is 5.98. The molecule has 0 aliphatic heterocycles. The Morgan fingerprint density at radius 3 is 2.74 bits per heavy atom. The van der Waals surface area contributed by atoms with E-state index in [4.69, 9.17) is 11.6 Å². The molecule has 0 N–H and O–H groups in total. The van der Waals surface area contributed by atoms with Gasteiger partial charge in [-0.15, -0.1) is 21.5 Å². The molecule has 0 amide bonds. The first-order valence-corrected chi connectivity index (χ1v) is 9.17. The van der Waals surface area contributed by atoms with Gasteiger partial charge >= 0.3 is 0 Å². The Hall–Kier alpha value is -1.89. The lowest BCUT2D eigenvalue weighted by Crippen LogP contribution is -1.91. The molecule has 0 aliphatic carbocycles. The second-order valence-electron chi connectivity index (χ2n) is 4.84. The Morgan fingerprint density at radius 1 is 1.09 bits per heavy atom. The van der Waals surface area contributed by atoms with Gasteiger partial charge in [-0.05, 0) is 29.8 Å². The fourth-order valence-electron chi connectivity index (χ4n) is 2.23.